The molecule has 0 fully saturated rings. The summed E-state index contributed by atoms with van der Waals surface area (Å²) in [5, 5.41) is 4.27. The van der Waals surface area contributed by atoms with E-state index in [9.17, 15) is 4.39 Å². The highest BCUT2D eigenvalue weighted by molar-refractivity contribution is 7.22. The Labute approximate surface area is 125 Å². The molecule has 0 spiro atoms. The van der Waals surface area contributed by atoms with Crippen molar-refractivity contribution in [3.63, 3.8) is 0 Å². The molecule has 21 heavy (non-hydrogen) atoms. The fraction of sp³-hybridized carbons (Fsp3) is 0.188. The molecule has 0 bridgehead atoms. The fourth-order valence-corrected chi connectivity index (χ4v) is 3.50. The van der Waals surface area contributed by atoms with Crippen molar-refractivity contribution in [2.45, 2.75) is 12.5 Å². The second-order valence-corrected chi connectivity index (χ2v) is 6.03. The number of benzene rings is 2. The van der Waals surface area contributed by atoms with Crippen molar-refractivity contribution >= 4 is 26.7 Å². The first-order valence-corrected chi connectivity index (χ1v) is 7.65. The zero-order valence-electron chi connectivity index (χ0n) is 11.2. The molecule has 0 amide bonds. The minimum Gasteiger partial charge on any atom is -0.493 e. The number of ether oxygens (including phenoxy) is 1. The van der Waals surface area contributed by atoms with E-state index in [0.717, 1.165) is 27.6 Å². The number of hydrogen-bond acceptors (Lipinski definition) is 4. The Morgan fingerprint density at radius 1 is 1.24 bits per heavy atom. The molecule has 1 atom stereocenters. The summed E-state index contributed by atoms with van der Waals surface area (Å²) in [5.74, 6) is 0.671. The van der Waals surface area contributed by atoms with Crippen LogP contribution in [0.1, 0.15) is 18.0 Å². The molecule has 2 aromatic carbocycles. The SMILES string of the molecule is Fc1ccc2sc(NC3CCOc4ccccc43)nc2c1. The predicted molar refractivity (Wildman–Crippen MR) is 82.5 cm³/mol. The number of halogens is 1. The van der Waals surface area contributed by atoms with Crippen LogP contribution in [0.4, 0.5) is 9.52 Å². The third-order valence-electron chi connectivity index (χ3n) is 3.61. The topological polar surface area (TPSA) is 34.1 Å². The lowest BCUT2D eigenvalue weighted by molar-refractivity contribution is 0.274. The molecule has 0 radical (unpaired) electrons. The standard InChI is InChI=1S/C16H13FN2OS/c17-10-5-6-15-13(9-10)19-16(21-15)18-12-7-8-20-14-4-2-1-3-11(12)14/h1-6,9,12H,7-8H2,(H,18,19). The minimum absolute atomic E-state index is 0.181. The maximum absolute atomic E-state index is 13.2. The van der Waals surface area contributed by atoms with E-state index in [-0.39, 0.29) is 11.9 Å². The molecule has 0 saturated carbocycles. The second-order valence-electron chi connectivity index (χ2n) is 5.00. The van der Waals surface area contributed by atoms with E-state index in [1.807, 2.05) is 18.2 Å². The van der Waals surface area contributed by atoms with Gasteiger partial charge < -0.3 is 10.1 Å². The summed E-state index contributed by atoms with van der Waals surface area (Å²) in [5.41, 5.74) is 1.84. The maximum Gasteiger partial charge on any atom is 0.184 e. The van der Waals surface area contributed by atoms with E-state index < -0.39 is 0 Å². The Morgan fingerprint density at radius 2 is 2.14 bits per heavy atom. The fourth-order valence-electron chi connectivity index (χ4n) is 2.60. The van der Waals surface area contributed by atoms with Crippen LogP contribution in [0, 0.1) is 5.82 Å². The van der Waals surface area contributed by atoms with Gasteiger partial charge in [0.1, 0.15) is 11.6 Å². The number of para-hydroxylation sites is 1. The monoisotopic (exact) mass is 300 g/mol. The lowest BCUT2D eigenvalue weighted by Crippen LogP contribution is -2.20. The van der Waals surface area contributed by atoms with Gasteiger partial charge in [-0.15, -0.1) is 0 Å². The molecule has 1 aliphatic rings. The number of nitrogens with one attached hydrogen (secondary N) is 1. The van der Waals surface area contributed by atoms with Crippen LogP contribution in [0.5, 0.6) is 5.75 Å². The van der Waals surface area contributed by atoms with Crippen LogP contribution in [0.3, 0.4) is 0 Å². The highest BCUT2D eigenvalue weighted by atomic mass is 32.1. The molecule has 1 aromatic heterocycles. The summed E-state index contributed by atoms with van der Waals surface area (Å²) in [6, 6.07) is 12.9. The third kappa shape index (κ3) is 2.34. The molecule has 3 aromatic rings. The zero-order valence-corrected chi connectivity index (χ0v) is 12.0. The van der Waals surface area contributed by atoms with Crippen LogP contribution in [-0.2, 0) is 0 Å². The lowest BCUT2D eigenvalue weighted by Gasteiger charge is -2.26. The van der Waals surface area contributed by atoms with Crippen molar-refractivity contribution in [2.24, 2.45) is 0 Å². The summed E-state index contributed by atoms with van der Waals surface area (Å²) < 4.78 is 19.9. The first-order valence-electron chi connectivity index (χ1n) is 6.84. The van der Waals surface area contributed by atoms with Gasteiger partial charge in [0.15, 0.2) is 5.13 Å². The second kappa shape index (κ2) is 5.00. The summed E-state index contributed by atoms with van der Waals surface area (Å²) in [6.07, 6.45) is 0.890. The molecular formula is C16H13FN2OS. The van der Waals surface area contributed by atoms with Crippen molar-refractivity contribution in [3.8, 4) is 5.75 Å². The largest absolute Gasteiger partial charge is 0.493 e. The van der Waals surface area contributed by atoms with Gasteiger partial charge in [0.25, 0.3) is 0 Å². The van der Waals surface area contributed by atoms with Gasteiger partial charge in [-0.25, -0.2) is 9.37 Å². The molecule has 0 aliphatic carbocycles. The first kappa shape index (κ1) is 12.6. The van der Waals surface area contributed by atoms with Crippen LogP contribution in [-0.4, -0.2) is 11.6 Å². The number of nitrogens with zero attached hydrogens (tertiary/aromatic N) is 1. The highest BCUT2D eigenvalue weighted by Gasteiger charge is 2.21. The lowest BCUT2D eigenvalue weighted by atomic mass is 10.0. The van der Waals surface area contributed by atoms with E-state index in [1.165, 1.54) is 12.1 Å². The number of hydrogen-bond donors (Lipinski definition) is 1. The molecule has 5 heteroatoms. The van der Waals surface area contributed by atoms with Gasteiger partial charge in [0, 0.05) is 18.1 Å². The summed E-state index contributed by atoms with van der Waals surface area (Å²) in [4.78, 5) is 4.47. The third-order valence-corrected chi connectivity index (χ3v) is 4.57. The quantitative estimate of drug-likeness (QED) is 0.763. The number of thiazole rings is 1. The zero-order chi connectivity index (χ0) is 14.2. The van der Waals surface area contributed by atoms with E-state index in [1.54, 1.807) is 17.4 Å². The van der Waals surface area contributed by atoms with Gasteiger partial charge in [-0.3, -0.25) is 0 Å². The van der Waals surface area contributed by atoms with Crippen molar-refractivity contribution in [2.75, 3.05) is 11.9 Å². The van der Waals surface area contributed by atoms with Crippen LogP contribution < -0.4 is 10.1 Å². The van der Waals surface area contributed by atoms with E-state index in [2.05, 4.69) is 16.4 Å². The summed E-state index contributed by atoms with van der Waals surface area (Å²) in [6.45, 7) is 0.689. The van der Waals surface area contributed by atoms with Crippen molar-refractivity contribution in [1.82, 2.24) is 4.98 Å². The number of anilines is 1. The first-order chi connectivity index (χ1) is 10.3. The van der Waals surface area contributed by atoms with Crippen molar-refractivity contribution < 1.29 is 9.13 Å². The molecule has 106 valence electrons. The maximum atomic E-state index is 13.2. The van der Waals surface area contributed by atoms with E-state index in [4.69, 9.17) is 4.74 Å². The molecule has 1 N–H and O–H groups in total. The average molecular weight is 300 g/mol. The molecule has 1 unspecified atom stereocenters. The summed E-state index contributed by atoms with van der Waals surface area (Å²) >= 11 is 1.54. The average Bonchev–Trinajstić information content (AvgIpc) is 2.89. The summed E-state index contributed by atoms with van der Waals surface area (Å²) in [7, 11) is 0. The van der Waals surface area contributed by atoms with Gasteiger partial charge >= 0.3 is 0 Å². The normalized spacial score (nSPS) is 17.3. The number of fused-ring (bicyclic) bond motifs is 2. The van der Waals surface area contributed by atoms with Gasteiger partial charge in [-0.2, -0.15) is 0 Å². The van der Waals surface area contributed by atoms with Gasteiger partial charge in [-0.1, -0.05) is 29.5 Å². The smallest absolute Gasteiger partial charge is 0.184 e. The van der Waals surface area contributed by atoms with E-state index in [0.29, 0.717) is 12.1 Å². The molecule has 3 nitrogen and oxygen atoms in total. The van der Waals surface area contributed by atoms with Crippen molar-refractivity contribution in [3.05, 3.63) is 53.8 Å². The Hall–Kier alpha value is -2.14. The Morgan fingerprint density at radius 3 is 3.10 bits per heavy atom. The van der Waals surface area contributed by atoms with Crippen LogP contribution >= 0.6 is 11.3 Å². The Balaban J connectivity index is 1.66. The predicted octanol–water partition coefficient (Wildman–Crippen LogP) is 4.37. The molecular weight excluding hydrogens is 287 g/mol. The Kier molecular flexibility index (Phi) is 3.00. The highest BCUT2D eigenvalue weighted by Crippen LogP contribution is 2.36. The van der Waals surface area contributed by atoms with Gasteiger partial charge in [-0.05, 0) is 18.2 Å². The molecule has 0 saturated heterocycles. The van der Waals surface area contributed by atoms with Crippen LogP contribution in [0.15, 0.2) is 42.5 Å². The number of rotatable bonds is 2. The van der Waals surface area contributed by atoms with Crippen LogP contribution in [0.25, 0.3) is 10.2 Å². The van der Waals surface area contributed by atoms with E-state index >= 15 is 0 Å². The molecule has 1 aliphatic heterocycles. The molecule has 2 heterocycles. The minimum atomic E-state index is -0.254. The van der Waals surface area contributed by atoms with Gasteiger partial charge in [0.2, 0.25) is 0 Å². The van der Waals surface area contributed by atoms with Gasteiger partial charge in [0.05, 0.1) is 22.9 Å². The van der Waals surface area contributed by atoms with Crippen molar-refractivity contribution in [1.29, 1.82) is 0 Å². The molecule has 4 rings (SSSR count). The van der Waals surface area contributed by atoms with Crippen LogP contribution in [0.2, 0.25) is 0 Å². The Bertz CT molecular complexity index is 802. The number of aromatic nitrogens is 1.